The predicted octanol–water partition coefficient (Wildman–Crippen LogP) is 1.30. The zero-order valence-electron chi connectivity index (χ0n) is 57.8. The lowest BCUT2D eigenvalue weighted by Gasteiger charge is -2.52. The van der Waals surface area contributed by atoms with Crippen molar-refractivity contribution in [2.75, 3.05) is 33.0 Å². The third-order valence-electron chi connectivity index (χ3n) is 18.5. The molecule has 4 fully saturated rings. The molecule has 0 spiro atoms. The molecule has 0 aromatic carbocycles. The number of hydrogen-bond acceptors (Lipinski definition) is 26. The number of allylic oxidation sites excluding steroid dienone is 1. The molecule has 23 atom stereocenters. The van der Waals surface area contributed by atoms with Crippen molar-refractivity contribution in [3.8, 4) is 0 Å². The number of nitrogens with one attached hydrogen (secondary N) is 3. The number of aliphatic hydroxyl groups excluding tert-OH is 13. The second-order valence-corrected chi connectivity index (χ2v) is 26.5. The summed E-state index contributed by atoms with van der Waals surface area (Å²) in [5, 5.41) is 162. The van der Waals surface area contributed by atoms with Crippen LogP contribution in [0.15, 0.2) is 12.2 Å². The Kier molecular flexibility index (Phi) is 43.4. The van der Waals surface area contributed by atoms with Crippen LogP contribution in [0.25, 0.3) is 0 Å². The fourth-order valence-corrected chi connectivity index (χ4v) is 12.8. The van der Waals surface area contributed by atoms with Crippen molar-refractivity contribution in [1.29, 1.82) is 0 Å². The van der Waals surface area contributed by atoms with E-state index in [1.165, 1.54) is 109 Å². The fourth-order valence-electron chi connectivity index (χ4n) is 12.8. The number of rotatable bonds is 49. The lowest BCUT2D eigenvalue weighted by atomic mass is 9.87. The highest BCUT2D eigenvalue weighted by atomic mass is 16.8. The van der Waals surface area contributed by atoms with Gasteiger partial charge in [0.2, 0.25) is 17.7 Å². The molecule has 0 radical (unpaired) electrons. The summed E-state index contributed by atoms with van der Waals surface area (Å²) in [6, 6.07) is -4.54. The lowest BCUT2D eigenvalue weighted by molar-refractivity contribution is -0.390. The van der Waals surface area contributed by atoms with Crippen molar-refractivity contribution in [3.63, 3.8) is 0 Å². The van der Waals surface area contributed by atoms with Gasteiger partial charge in [-0.2, -0.15) is 0 Å². The maximum Gasteiger partial charge on any atom is 0.364 e. The number of carbonyl (C=O) groups is 4. The topological polar surface area (TPSA) is 496 Å². The van der Waals surface area contributed by atoms with E-state index in [1.807, 2.05) is 6.08 Å². The van der Waals surface area contributed by atoms with Crippen molar-refractivity contribution in [3.05, 3.63) is 12.2 Å². The van der Waals surface area contributed by atoms with Gasteiger partial charge in [0.15, 0.2) is 18.9 Å². The number of aliphatic carboxylic acids is 1. The molecule has 0 aromatic rings. The largest absolute Gasteiger partial charge is 0.477 e. The van der Waals surface area contributed by atoms with Crippen molar-refractivity contribution < 1.29 is 129 Å². The van der Waals surface area contributed by atoms with Gasteiger partial charge < -0.3 is 131 Å². The molecule has 4 heterocycles. The van der Waals surface area contributed by atoms with Crippen LogP contribution in [0, 0.1) is 0 Å². The van der Waals surface area contributed by atoms with Crippen molar-refractivity contribution in [2.45, 2.75) is 354 Å². The molecule has 4 aliphatic heterocycles. The SMILES string of the molecule is CCCCCCCCCCCCCC=CC(O)C(COC1OC(CO)C(OC2OC(CO)C(O)C(O[C@]3(C(=O)O)CC(OC4OC(CO)C(O)C(O)C4NC(C)=O)C(NC(C)=O)C(C(O)C(O)CO)O3)C2O)C(O)C1O)NC(=O)CCCCCCCCCCCCCCCCC.N. The normalized spacial score (nSPS) is 32.0. The number of ether oxygens (including phenoxy) is 8. The lowest BCUT2D eigenvalue weighted by Crippen LogP contribution is -2.72. The molecule has 20 N–H and O–H groups in total. The summed E-state index contributed by atoms with van der Waals surface area (Å²) in [7, 11) is 0. The van der Waals surface area contributed by atoms with Gasteiger partial charge in [0.05, 0.1) is 57.3 Å². The molecule has 22 unspecified atom stereocenters. The highest BCUT2D eigenvalue weighted by Gasteiger charge is 2.62. The number of carbonyl (C=O) groups excluding carboxylic acids is 3. The Bertz CT molecular complexity index is 2180. The van der Waals surface area contributed by atoms with E-state index in [0.717, 1.165) is 65.2 Å². The minimum absolute atomic E-state index is 0. The second kappa shape index (κ2) is 47.8. The van der Waals surface area contributed by atoms with Gasteiger partial charge in [-0.1, -0.05) is 180 Å². The van der Waals surface area contributed by atoms with Crippen LogP contribution in [-0.2, 0) is 57.1 Å². The van der Waals surface area contributed by atoms with Crippen LogP contribution in [0.2, 0.25) is 0 Å². The van der Waals surface area contributed by atoms with Crippen LogP contribution in [0.3, 0.4) is 0 Å². The van der Waals surface area contributed by atoms with E-state index in [4.69, 9.17) is 37.9 Å². The van der Waals surface area contributed by atoms with Gasteiger partial charge in [-0.05, 0) is 19.3 Å². The fraction of sp³-hybridized carbons (Fsp3) is 0.910. The van der Waals surface area contributed by atoms with E-state index >= 15 is 0 Å². The Balaban J connectivity index is 0.0000245. The number of carboxylic acid groups (broad SMARTS) is 1. The molecular weight excluding hydrogens is 1280 g/mol. The zero-order valence-corrected chi connectivity index (χ0v) is 57.8. The standard InChI is InChI=1S/C67H121N3O26.H3N/c1-5-7-9-11-13-15-17-19-20-22-24-26-28-30-32-34-50(79)70-43(44(77)33-31-29-27-25-23-21-18-16-14-12-10-8-6-2)40-89-64-58(85)57(84)60(49(39-74)93-64)94-65-59(86)62(55(82)48(38-73)92-65)96-67(66(87)88)35-46(51(68-41(3)75)61(95-67)53(80)45(78)36-71)90-63-52(69-42(4)76)56(83)54(81)47(37-72)91-63;/h31,33,43-49,51-65,71-74,77-78,80-86H,5-30,32,34-40H2,1-4H3,(H,68,75)(H,69,76)(H,70,79)(H,87,88);1H3/t43?,44?,45?,46?,47?,48?,49?,51?,52?,53?,54?,55?,56?,57?,58?,59?,60?,61?,62?,63?,64?,65?,67-;/m0./s1. The van der Waals surface area contributed by atoms with Gasteiger partial charge in [0, 0.05) is 26.7 Å². The van der Waals surface area contributed by atoms with Crippen LogP contribution in [0.1, 0.15) is 214 Å². The number of unbranched alkanes of at least 4 members (excludes halogenated alkanes) is 25. The number of hydrogen-bond donors (Lipinski definition) is 18. The Labute approximate surface area is 572 Å². The van der Waals surface area contributed by atoms with Crippen LogP contribution >= 0.6 is 0 Å². The van der Waals surface area contributed by atoms with E-state index in [1.54, 1.807) is 6.08 Å². The Hall–Kier alpha value is -3.26. The summed E-state index contributed by atoms with van der Waals surface area (Å²) in [6.07, 6.45) is -4.12. The first-order chi connectivity index (χ1) is 46.0. The first-order valence-corrected chi connectivity index (χ1v) is 35.6. The predicted molar refractivity (Wildman–Crippen MR) is 351 cm³/mol. The van der Waals surface area contributed by atoms with E-state index in [-0.39, 0.29) is 18.5 Å². The van der Waals surface area contributed by atoms with Gasteiger partial charge in [-0.3, -0.25) is 14.4 Å². The molecule has 4 aliphatic rings. The average Bonchev–Trinajstić information content (AvgIpc) is 0.750. The Morgan fingerprint density at radius 2 is 1.02 bits per heavy atom. The minimum Gasteiger partial charge on any atom is -0.477 e. The third-order valence-corrected chi connectivity index (χ3v) is 18.5. The van der Waals surface area contributed by atoms with Crippen molar-refractivity contribution in [1.82, 2.24) is 22.1 Å². The summed E-state index contributed by atoms with van der Waals surface area (Å²) in [5.74, 6) is -7.42. The number of carboxylic acids is 1. The smallest absolute Gasteiger partial charge is 0.364 e. The van der Waals surface area contributed by atoms with Crippen molar-refractivity contribution >= 4 is 23.7 Å². The van der Waals surface area contributed by atoms with Crippen LogP contribution in [0.5, 0.6) is 0 Å². The van der Waals surface area contributed by atoms with E-state index in [9.17, 15) is 90.7 Å². The van der Waals surface area contributed by atoms with Crippen LogP contribution < -0.4 is 22.1 Å². The highest BCUT2D eigenvalue weighted by Crippen LogP contribution is 2.41. The van der Waals surface area contributed by atoms with Crippen molar-refractivity contribution in [2.24, 2.45) is 0 Å². The van der Waals surface area contributed by atoms with E-state index in [0.29, 0.717) is 12.8 Å². The molecule has 3 amide bonds. The molecule has 0 aromatic heterocycles. The molecule has 0 saturated carbocycles. The van der Waals surface area contributed by atoms with Gasteiger partial charge in [0.1, 0.15) is 91.5 Å². The summed E-state index contributed by atoms with van der Waals surface area (Å²) in [6.45, 7) is 1.81. The quantitative estimate of drug-likeness (QED) is 0.0301. The van der Waals surface area contributed by atoms with Crippen LogP contribution in [-0.4, -0.2) is 269 Å². The van der Waals surface area contributed by atoms with E-state index < -0.39 is 198 Å². The molecule has 4 saturated heterocycles. The molecule has 0 bridgehead atoms. The Morgan fingerprint density at radius 1 is 0.546 bits per heavy atom. The van der Waals surface area contributed by atoms with E-state index in [2.05, 4.69) is 29.8 Å². The number of amides is 3. The third kappa shape index (κ3) is 28.8. The second-order valence-electron chi connectivity index (χ2n) is 26.5. The molecule has 0 aliphatic carbocycles. The summed E-state index contributed by atoms with van der Waals surface area (Å²) >= 11 is 0. The molecule has 30 nitrogen and oxygen atoms in total. The highest BCUT2D eigenvalue weighted by molar-refractivity contribution is 5.77. The average molecular weight is 1400 g/mol. The maximum atomic E-state index is 13.7. The first-order valence-electron chi connectivity index (χ1n) is 35.6. The molecule has 97 heavy (non-hydrogen) atoms. The Morgan fingerprint density at radius 3 is 1.52 bits per heavy atom. The molecular formula is C67H124N4O26. The van der Waals surface area contributed by atoms with Gasteiger partial charge in [-0.25, -0.2) is 4.79 Å². The van der Waals surface area contributed by atoms with Gasteiger partial charge >= 0.3 is 5.97 Å². The number of aliphatic hydroxyl groups is 13. The monoisotopic (exact) mass is 1400 g/mol. The molecule has 30 heteroatoms. The maximum absolute atomic E-state index is 13.7. The molecule has 568 valence electrons. The molecule has 4 rings (SSSR count). The van der Waals surface area contributed by atoms with Gasteiger partial charge in [-0.15, -0.1) is 0 Å². The van der Waals surface area contributed by atoms with Crippen LogP contribution in [0.4, 0.5) is 0 Å². The zero-order chi connectivity index (χ0) is 70.7. The summed E-state index contributed by atoms with van der Waals surface area (Å²) in [4.78, 5) is 52.4. The first kappa shape index (κ1) is 88.0. The summed E-state index contributed by atoms with van der Waals surface area (Å²) < 4.78 is 47.4. The van der Waals surface area contributed by atoms with Gasteiger partial charge in [0.25, 0.3) is 5.79 Å². The minimum atomic E-state index is -3.30. The summed E-state index contributed by atoms with van der Waals surface area (Å²) in [5.41, 5.74) is 0.